The molecule has 0 aromatic heterocycles. The molecule has 1 aromatic rings. The number of hydrazine groups is 1. The van der Waals surface area contributed by atoms with E-state index in [-0.39, 0.29) is 17.6 Å². The molecule has 186 valence electrons. The summed E-state index contributed by atoms with van der Waals surface area (Å²) in [6.07, 6.45) is 9.71. The lowest BCUT2D eigenvalue weighted by Crippen LogP contribution is -2.52. The molecule has 3 saturated heterocycles. The minimum atomic E-state index is -0.321. The van der Waals surface area contributed by atoms with E-state index in [1.54, 1.807) is 12.1 Å². The van der Waals surface area contributed by atoms with Crippen LogP contribution in [0.5, 0.6) is 0 Å². The molecule has 5 rings (SSSR count). The van der Waals surface area contributed by atoms with E-state index < -0.39 is 0 Å². The number of carbonyl (C=O) groups excluding carboxylic acids is 2. The van der Waals surface area contributed by atoms with Crippen LogP contribution in [0.3, 0.4) is 0 Å². The maximum absolute atomic E-state index is 14.9. The summed E-state index contributed by atoms with van der Waals surface area (Å²) >= 11 is 0. The van der Waals surface area contributed by atoms with E-state index >= 15 is 0 Å². The van der Waals surface area contributed by atoms with E-state index in [1.807, 2.05) is 0 Å². The van der Waals surface area contributed by atoms with Crippen molar-refractivity contribution in [3.63, 3.8) is 0 Å². The van der Waals surface area contributed by atoms with Gasteiger partial charge in [-0.25, -0.2) is 4.39 Å². The lowest BCUT2D eigenvalue weighted by atomic mass is 9.61. The normalized spacial score (nSPS) is 24.5. The van der Waals surface area contributed by atoms with Crippen LogP contribution in [0.4, 0.5) is 15.8 Å². The largest absolute Gasteiger partial charge is 0.369 e. The molecule has 3 aliphatic heterocycles. The molecule has 8 heteroatoms. The van der Waals surface area contributed by atoms with Crippen LogP contribution in [-0.4, -0.2) is 60.5 Å². The molecule has 1 aliphatic carbocycles. The molecule has 0 unspecified atom stereocenters. The summed E-state index contributed by atoms with van der Waals surface area (Å²) in [5.74, 6) is -0.152. The molecule has 0 radical (unpaired) electrons. The Balaban J connectivity index is 1.07. The zero-order valence-electron chi connectivity index (χ0n) is 20.1. The summed E-state index contributed by atoms with van der Waals surface area (Å²) in [4.78, 5) is 28.7. The van der Waals surface area contributed by atoms with E-state index in [2.05, 4.69) is 15.2 Å². The predicted molar refractivity (Wildman–Crippen MR) is 131 cm³/mol. The Bertz CT molecular complexity index is 884. The molecule has 1 aromatic carbocycles. The summed E-state index contributed by atoms with van der Waals surface area (Å²) in [6.45, 7) is 5.32. The zero-order chi connectivity index (χ0) is 23.7. The van der Waals surface area contributed by atoms with Crippen LogP contribution in [0, 0.1) is 17.2 Å². The van der Waals surface area contributed by atoms with Gasteiger partial charge in [0.25, 0.3) is 0 Å². The van der Waals surface area contributed by atoms with Crippen molar-refractivity contribution >= 4 is 23.2 Å². The molecule has 4 aliphatic rings. The smallest absolute Gasteiger partial charge is 0.248 e. The van der Waals surface area contributed by atoms with Crippen LogP contribution >= 0.6 is 0 Å². The average molecular weight is 472 g/mol. The van der Waals surface area contributed by atoms with Crippen LogP contribution in [0.2, 0.25) is 0 Å². The standard InChI is InChI=1S/C26H38FN5O2/c27-22-16-21(29-32-24(33)2-1-3-25(32)34)4-5-23(22)31-12-7-19(8-13-31)6-11-30-14-9-26(10-15-30)17-20(28)18-26/h4-5,16,19-20,29H,1-3,6-15,17-18,28H2. The molecule has 34 heavy (non-hydrogen) atoms. The number of anilines is 2. The Morgan fingerprint density at radius 1 is 1.03 bits per heavy atom. The number of rotatable bonds is 6. The van der Waals surface area contributed by atoms with Crippen LogP contribution in [0.15, 0.2) is 18.2 Å². The summed E-state index contributed by atoms with van der Waals surface area (Å²) < 4.78 is 14.9. The highest BCUT2D eigenvalue weighted by atomic mass is 19.1. The van der Waals surface area contributed by atoms with Gasteiger partial charge in [0, 0.05) is 38.0 Å². The third kappa shape index (κ3) is 5.08. The molecule has 2 amide bonds. The third-order valence-electron chi connectivity index (χ3n) is 8.58. The van der Waals surface area contributed by atoms with Gasteiger partial charge in [0.1, 0.15) is 5.82 Å². The predicted octanol–water partition coefficient (Wildman–Crippen LogP) is 3.50. The highest BCUT2D eigenvalue weighted by Gasteiger charge is 2.44. The summed E-state index contributed by atoms with van der Waals surface area (Å²) in [5.41, 5.74) is 10.4. The van der Waals surface area contributed by atoms with E-state index in [0.29, 0.717) is 48.0 Å². The van der Waals surface area contributed by atoms with Gasteiger partial charge < -0.3 is 15.5 Å². The third-order valence-corrected chi connectivity index (χ3v) is 8.58. The average Bonchev–Trinajstić information content (AvgIpc) is 2.81. The highest BCUT2D eigenvalue weighted by Crippen LogP contribution is 2.48. The van der Waals surface area contributed by atoms with Gasteiger partial charge in [-0.3, -0.25) is 15.0 Å². The fourth-order valence-electron chi connectivity index (χ4n) is 6.38. The van der Waals surface area contributed by atoms with Crippen molar-refractivity contribution in [2.45, 2.75) is 70.3 Å². The lowest BCUT2D eigenvalue weighted by Gasteiger charge is -2.51. The Morgan fingerprint density at radius 3 is 2.32 bits per heavy atom. The number of amides is 2. The van der Waals surface area contributed by atoms with Crippen molar-refractivity contribution in [3.8, 4) is 0 Å². The number of carbonyl (C=O) groups is 2. The van der Waals surface area contributed by atoms with Crippen molar-refractivity contribution in [2.24, 2.45) is 17.1 Å². The van der Waals surface area contributed by atoms with Gasteiger partial charge in [-0.05, 0) is 94.5 Å². The maximum atomic E-state index is 14.9. The number of hydrogen-bond donors (Lipinski definition) is 2. The van der Waals surface area contributed by atoms with E-state index in [9.17, 15) is 14.0 Å². The highest BCUT2D eigenvalue weighted by molar-refractivity contribution is 5.98. The van der Waals surface area contributed by atoms with Crippen LogP contribution in [-0.2, 0) is 9.59 Å². The van der Waals surface area contributed by atoms with Gasteiger partial charge in [-0.2, -0.15) is 5.01 Å². The number of hydrogen-bond acceptors (Lipinski definition) is 6. The van der Waals surface area contributed by atoms with Crippen LogP contribution in [0.25, 0.3) is 0 Å². The van der Waals surface area contributed by atoms with Gasteiger partial charge in [-0.1, -0.05) is 0 Å². The van der Waals surface area contributed by atoms with E-state index in [4.69, 9.17) is 5.73 Å². The molecule has 4 fully saturated rings. The number of nitrogens with one attached hydrogen (secondary N) is 1. The number of piperidine rings is 3. The molecular weight excluding hydrogens is 433 g/mol. The van der Waals surface area contributed by atoms with Crippen molar-refractivity contribution in [1.82, 2.24) is 9.91 Å². The van der Waals surface area contributed by atoms with Crippen molar-refractivity contribution in [1.29, 1.82) is 0 Å². The fraction of sp³-hybridized carbons (Fsp3) is 0.692. The van der Waals surface area contributed by atoms with Crippen molar-refractivity contribution in [2.75, 3.05) is 43.0 Å². The first-order chi connectivity index (χ1) is 16.4. The Labute approximate surface area is 201 Å². The molecule has 0 atom stereocenters. The Morgan fingerprint density at radius 2 is 1.71 bits per heavy atom. The van der Waals surface area contributed by atoms with Gasteiger partial charge in [-0.15, -0.1) is 0 Å². The van der Waals surface area contributed by atoms with Crippen molar-refractivity contribution in [3.05, 3.63) is 24.0 Å². The monoisotopic (exact) mass is 471 g/mol. The molecule has 1 spiro atoms. The lowest BCUT2D eigenvalue weighted by molar-refractivity contribution is -0.146. The van der Waals surface area contributed by atoms with Crippen LogP contribution < -0.4 is 16.1 Å². The Hall–Kier alpha value is -2.19. The van der Waals surface area contributed by atoms with Gasteiger partial charge in [0.15, 0.2) is 0 Å². The number of nitrogens with zero attached hydrogens (tertiary/aromatic N) is 3. The molecular formula is C26H38FN5O2. The van der Waals surface area contributed by atoms with Gasteiger partial charge in [0.05, 0.1) is 11.4 Å². The quantitative estimate of drug-likeness (QED) is 0.618. The number of nitrogens with two attached hydrogens (primary N) is 1. The molecule has 3 heterocycles. The minimum Gasteiger partial charge on any atom is -0.369 e. The molecule has 0 bridgehead atoms. The van der Waals surface area contributed by atoms with E-state index in [1.165, 1.54) is 57.8 Å². The number of benzene rings is 1. The first-order valence-corrected chi connectivity index (χ1v) is 13.1. The maximum Gasteiger partial charge on any atom is 0.248 e. The second-order valence-electron chi connectivity index (χ2n) is 11.0. The van der Waals surface area contributed by atoms with Crippen LogP contribution in [0.1, 0.15) is 64.2 Å². The van der Waals surface area contributed by atoms with Crippen molar-refractivity contribution < 1.29 is 14.0 Å². The first-order valence-electron chi connectivity index (χ1n) is 13.1. The fourth-order valence-corrected chi connectivity index (χ4v) is 6.38. The number of halogens is 1. The summed E-state index contributed by atoms with van der Waals surface area (Å²) in [6, 6.07) is 5.33. The number of likely N-dealkylation sites (tertiary alicyclic amines) is 1. The summed E-state index contributed by atoms with van der Waals surface area (Å²) in [5, 5.41) is 1.02. The summed E-state index contributed by atoms with van der Waals surface area (Å²) in [7, 11) is 0. The molecule has 3 N–H and O–H groups in total. The topological polar surface area (TPSA) is 81.9 Å². The van der Waals surface area contributed by atoms with E-state index in [0.717, 1.165) is 30.9 Å². The Kier molecular flexibility index (Phi) is 6.80. The SMILES string of the molecule is NC1CC2(CCN(CCC3CCN(c4ccc(NN5C(=O)CCCC5=O)cc4F)CC3)CC2)C1. The minimum absolute atomic E-state index is 0.265. The number of imide groups is 1. The zero-order valence-corrected chi connectivity index (χ0v) is 20.1. The molecule has 1 saturated carbocycles. The van der Waals surface area contributed by atoms with Gasteiger partial charge in [0.2, 0.25) is 11.8 Å². The van der Waals surface area contributed by atoms with Gasteiger partial charge >= 0.3 is 0 Å². The second-order valence-corrected chi connectivity index (χ2v) is 11.0. The first kappa shape index (κ1) is 23.5. The second kappa shape index (κ2) is 9.82. The molecule has 7 nitrogen and oxygen atoms in total.